The largest absolute Gasteiger partial charge is 0.327 e. The summed E-state index contributed by atoms with van der Waals surface area (Å²) in [6.45, 7) is 6.28. The van der Waals surface area contributed by atoms with Crippen LogP contribution in [0.3, 0.4) is 0 Å². The molecule has 1 amide bonds. The summed E-state index contributed by atoms with van der Waals surface area (Å²) in [6.07, 6.45) is 4.76. The fraction of sp³-hybridized carbons (Fsp3) is 0.300. The lowest BCUT2D eigenvalue weighted by atomic mass is 10.2. The first kappa shape index (κ1) is 11.6. The van der Waals surface area contributed by atoms with Crippen molar-refractivity contribution >= 4 is 5.91 Å². The van der Waals surface area contributed by atoms with Gasteiger partial charge in [0.1, 0.15) is 6.67 Å². The molecule has 0 unspecified atom stereocenters. The van der Waals surface area contributed by atoms with Crippen LogP contribution < -0.4 is 5.32 Å². The Morgan fingerprint density at radius 2 is 2.08 bits per heavy atom. The van der Waals surface area contributed by atoms with Crippen molar-refractivity contribution in [1.29, 1.82) is 0 Å². The quantitative estimate of drug-likeness (QED) is 0.664. The molecule has 72 valence electrons. The SMILES string of the molecule is C=C(/C=C\C(C)=C/CF)NC(C)=O. The van der Waals surface area contributed by atoms with E-state index in [0.717, 1.165) is 5.57 Å². The Hall–Kier alpha value is -1.38. The van der Waals surface area contributed by atoms with Gasteiger partial charge in [-0.2, -0.15) is 0 Å². The predicted molar refractivity (Wildman–Crippen MR) is 51.8 cm³/mol. The maximum atomic E-state index is 11.8. The monoisotopic (exact) mass is 183 g/mol. The van der Waals surface area contributed by atoms with Gasteiger partial charge in [-0.25, -0.2) is 4.39 Å². The summed E-state index contributed by atoms with van der Waals surface area (Å²) in [5.41, 5.74) is 1.30. The number of carbonyl (C=O) groups is 1. The Morgan fingerprint density at radius 1 is 1.46 bits per heavy atom. The topological polar surface area (TPSA) is 29.1 Å². The van der Waals surface area contributed by atoms with E-state index < -0.39 is 6.67 Å². The summed E-state index contributed by atoms with van der Waals surface area (Å²) >= 11 is 0. The van der Waals surface area contributed by atoms with Gasteiger partial charge in [-0.05, 0) is 13.0 Å². The fourth-order valence-corrected chi connectivity index (χ4v) is 0.690. The zero-order chi connectivity index (χ0) is 10.3. The molecule has 0 aliphatic carbocycles. The molecule has 0 atom stereocenters. The van der Waals surface area contributed by atoms with Crippen LogP contribution in [-0.4, -0.2) is 12.6 Å². The van der Waals surface area contributed by atoms with Crippen LogP contribution in [0.2, 0.25) is 0 Å². The molecule has 0 saturated heterocycles. The van der Waals surface area contributed by atoms with Crippen LogP contribution in [0.15, 0.2) is 36.1 Å². The third kappa shape index (κ3) is 7.00. The summed E-state index contributed by atoms with van der Waals surface area (Å²) < 4.78 is 11.8. The summed E-state index contributed by atoms with van der Waals surface area (Å²) in [5.74, 6) is -0.165. The molecule has 0 aliphatic heterocycles. The van der Waals surface area contributed by atoms with Crippen LogP contribution in [0.25, 0.3) is 0 Å². The summed E-state index contributed by atoms with van der Waals surface area (Å²) in [4.78, 5) is 10.5. The first-order chi connectivity index (χ1) is 6.06. The lowest BCUT2D eigenvalue weighted by Crippen LogP contribution is -2.16. The third-order valence-corrected chi connectivity index (χ3v) is 1.28. The average molecular weight is 183 g/mol. The van der Waals surface area contributed by atoms with E-state index >= 15 is 0 Å². The second-order valence-electron chi connectivity index (χ2n) is 2.64. The van der Waals surface area contributed by atoms with Crippen LogP contribution in [-0.2, 0) is 4.79 Å². The average Bonchev–Trinajstić information content (AvgIpc) is 2.00. The van der Waals surface area contributed by atoms with Crippen LogP contribution in [0, 0.1) is 0 Å². The number of halogens is 1. The van der Waals surface area contributed by atoms with Gasteiger partial charge in [0.05, 0.1) is 0 Å². The minimum Gasteiger partial charge on any atom is -0.327 e. The van der Waals surface area contributed by atoms with E-state index in [9.17, 15) is 9.18 Å². The Balaban J connectivity index is 4.04. The van der Waals surface area contributed by atoms with Gasteiger partial charge >= 0.3 is 0 Å². The van der Waals surface area contributed by atoms with Gasteiger partial charge in [-0.15, -0.1) is 0 Å². The zero-order valence-electron chi connectivity index (χ0n) is 7.93. The molecule has 0 aliphatic rings. The van der Waals surface area contributed by atoms with Crippen molar-refractivity contribution in [3.63, 3.8) is 0 Å². The van der Waals surface area contributed by atoms with Gasteiger partial charge < -0.3 is 5.32 Å². The summed E-state index contributed by atoms with van der Waals surface area (Å²) in [6, 6.07) is 0. The van der Waals surface area contributed by atoms with Gasteiger partial charge in [0.2, 0.25) is 5.91 Å². The van der Waals surface area contributed by atoms with Crippen LogP contribution >= 0.6 is 0 Å². The van der Waals surface area contributed by atoms with Crippen molar-refractivity contribution in [2.75, 3.05) is 6.67 Å². The highest BCUT2D eigenvalue weighted by molar-refractivity contribution is 5.75. The molecule has 0 spiro atoms. The van der Waals surface area contributed by atoms with E-state index in [-0.39, 0.29) is 5.91 Å². The molecule has 0 rings (SSSR count). The molecular formula is C10H14FNO. The van der Waals surface area contributed by atoms with Gasteiger partial charge in [-0.1, -0.05) is 24.3 Å². The molecular weight excluding hydrogens is 169 g/mol. The Morgan fingerprint density at radius 3 is 2.54 bits per heavy atom. The van der Waals surface area contributed by atoms with Crippen molar-refractivity contribution in [2.24, 2.45) is 0 Å². The molecule has 0 bridgehead atoms. The van der Waals surface area contributed by atoms with Gasteiger partial charge in [0, 0.05) is 12.6 Å². The minimum atomic E-state index is -0.483. The Kier molecular flexibility index (Phi) is 5.52. The van der Waals surface area contributed by atoms with E-state index in [0.29, 0.717) is 5.70 Å². The molecule has 2 nitrogen and oxygen atoms in total. The molecule has 0 fully saturated rings. The molecule has 0 aromatic heterocycles. The standard InChI is InChI=1S/C10H14FNO/c1-8(6-7-11)4-5-9(2)12-10(3)13/h4-6H,2,7H2,1,3H3,(H,12,13)/b5-4-,8-6-. The number of hydrogen-bond donors (Lipinski definition) is 1. The smallest absolute Gasteiger partial charge is 0.221 e. The number of hydrogen-bond acceptors (Lipinski definition) is 1. The van der Waals surface area contributed by atoms with Gasteiger partial charge in [-0.3, -0.25) is 4.79 Å². The second kappa shape index (κ2) is 6.17. The number of alkyl halides is 1. The molecule has 0 aromatic rings. The van der Waals surface area contributed by atoms with Crippen molar-refractivity contribution in [3.05, 3.63) is 36.1 Å². The first-order valence-corrected chi connectivity index (χ1v) is 3.93. The molecule has 0 radical (unpaired) electrons. The van der Waals surface area contributed by atoms with E-state index in [4.69, 9.17) is 0 Å². The van der Waals surface area contributed by atoms with Crippen molar-refractivity contribution in [3.8, 4) is 0 Å². The van der Waals surface area contributed by atoms with Gasteiger partial charge in [0.25, 0.3) is 0 Å². The predicted octanol–water partition coefficient (Wildman–Crippen LogP) is 2.11. The highest BCUT2D eigenvalue weighted by Crippen LogP contribution is 1.97. The maximum Gasteiger partial charge on any atom is 0.221 e. The number of carbonyl (C=O) groups excluding carboxylic acids is 1. The van der Waals surface area contributed by atoms with Crippen LogP contribution in [0.5, 0.6) is 0 Å². The second-order valence-corrected chi connectivity index (χ2v) is 2.64. The van der Waals surface area contributed by atoms with Crippen LogP contribution in [0.1, 0.15) is 13.8 Å². The van der Waals surface area contributed by atoms with Gasteiger partial charge in [0.15, 0.2) is 0 Å². The number of amides is 1. The van der Waals surface area contributed by atoms with Crippen molar-refractivity contribution < 1.29 is 9.18 Å². The molecule has 1 N–H and O–H groups in total. The number of allylic oxidation sites excluding steroid dienone is 4. The van der Waals surface area contributed by atoms with E-state index in [2.05, 4.69) is 11.9 Å². The number of rotatable bonds is 4. The molecule has 0 saturated carbocycles. The van der Waals surface area contributed by atoms with Crippen molar-refractivity contribution in [2.45, 2.75) is 13.8 Å². The summed E-state index contributed by atoms with van der Waals surface area (Å²) in [7, 11) is 0. The highest BCUT2D eigenvalue weighted by Gasteiger charge is 1.90. The van der Waals surface area contributed by atoms with E-state index in [1.165, 1.54) is 13.0 Å². The van der Waals surface area contributed by atoms with Crippen molar-refractivity contribution in [1.82, 2.24) is 5.32 Å². The number of nitrogens with one attached hydrogen (secondary N) is 1. The zero-order valence-corrected chi connectivity index (χ0v) is 7.93. The molecule has 0 heterocycles. The third-order valence-electron chi connectivity index (χ3n) is 1.28. The lowest BCUT2D eigenvalue weighted by molar-refractivity contribution is -0.118. The van der Waals surface area contributed by atoms with Crippen LogP contribution in [0.4, 0.5) is 4.39 Å². The fourth-order valence-electron chi connectivity index (χ4n) is 0.690. The van der Waals surface area contributed by atoms with E-state index in [1.54, 1.807) is 19.1 Å². The lowest BCUT2D eigenvalue weighted by Gasteiger charge is -1.98. The normalized spacial score (nSPS) is 11.8. The molecule has 13 heavy (non-hydrogen) atoms. The Bertz CT molecular complexity index is 254. The molecule has 3 heteroatoms. The first-order valence-electron chi connectivity index (χ1n) is 3.93. The summed E-state index contributed by atoms with van der Waals surface area (Å²) in [5, 5.41) is 2.50. The van der Waals surface area contributed by atoms with E-state index in [1.807, 2.05) is 0 Å². The molecule has 0 aromatic carbocycles. The highest BCUT2D eigenvalue weighted by atomic mass is 19.1. The maximum absolute atomic E-state index is 11.8. The Labute approximate surface area is 77.8 Å². The minimum absolute atomic E-state index is 0.165.